The highest BCUT2D eigenvalue weighted by atomic mass is 35.5. The molecule has 0 saturated carbocycles. The van der Waals surface area contributed by atoms with E-state index in [1.54, 1.807) is 0 Å². The molecule has 70 valence electrons. The monoisotopic (exact) mass is 236 g/mol. The molecule has 0 aliphatic heterocycles. The van der Waals surface area contributed by atoms with Crippen molar-refractivity contribution in [1.29, 1.82) is 0 Å². The molecule has 0 aromatic carbocycles. The second-order valence-corrected chi connectivity index (χ2v) is 4.00. The summed E-state index contributed by atoms with van der Waals surface area (Å²) in [6.45, 7) is 1.96. The Bertz CT molecular complexity index is 309. The fourth-order valence-corrected chi connectivity index (χ4v) is 1.84. The number of aldehydes is 1. The summed E-state index contributed by atoms with van der Waals surface area (Å²) in [5.74, 6) is 0.826. The number of thioether (sulfide) groups is 1. The van der Waals surface area contributed by atoms with Gasteiger partial charge in [-0.25, -0.2) is 9.97 Å². The first-order valence-electron chi connectivity index (χ1n) is 3.50. The summed E-state index contributed by atoms with van der Waals surface area (Å²) in [5, 5.41) is 0.694. The molecule has 0 atom stereocenters. The van der Waals surface area contributed by atoms with Crippen LogP contribution in [0.2, 0.25) is 10.3 Å². The molecule has 0 N–H and O–H groups in total. The summed E-state index contributed by atoms with van der Waals surface area (Å²) in [6, 6.07) is 0. The molecular weight excluding hydrogens is 231 g/mol. The molecule has 1 heterocycles. The smallest absolute Gasteiger partial charge is 0.190 e. The molecule has 3 nitrogen and oxygen atoms in total. The van der Waals surface area contributed by atoms with Crippen LogP contribution in [0.15, 0.2) is 5.16 Å². The van der Waals surface area contributed by atoms with Crippen molar-refractivity contribution in [3.63, 3.8) is 0 Å². The number of carbonyl (C=O) groups excluding carboxylic acids is 1. The van der Waals surface area contributed by atoms with Crippen molar-refractivity contribution in [2.24, 2.45) is 0 Å². The van der Waals surface area contributed by atoms with Crippen LogP contribution in [0.5, 0.6) is 0 Å². The normalized spacial score (nSPS) is 10.1. The summed E-state index contributed by atoms with van der Waals surface area (Å²) in [5.41, 5.74) is 0.142. The molecule has 0 unspecified atom stereocenters. The Hall–Kier alpha value is -0.320. The maximum Gasteiger partial charge on any atom is 0.190 e. The summed E-state index contributed by atoms with van der Waals surface area (Å²) < 4.78 is 0. The second kappa shape index (κ2) is 4.79. The Labute approximate surface area is 89.9 Å². The van der Waals surface area contributed by atoms with Gasteiger partial charge in [-0.05, 0) is 5.75 Å². The standard InChI is InChI=1S/C7H6Cl2N2OS/c1-2-13-7-10-5(8)4(3-12)6(9)11-7/h3H,2H2,1H3. The molecule has 0 spiro atoms. The largest absolute Gasteiger partial charge is 0.298 e. The van der Waals surface area contributed by atoms with Gasteiger partial charge in [-0.2, -0.15) is 0 Å². The van der Waals surface area contributed by atoms with Gasteiger partial charge in [0, 0.05) is 0 Å². The highest BCUT2D eigenvalue weighted by Gasteiger charge is 2.10. The third-order valence-corrected chi connectivity index (χ3v) is 2.53. The van der Waals surface area contributed by atoms with E-state index >= 15 is 0 Å². The SMILES string of the molecule is CCSc1nc(Cl)c(C=O)c(Cl)n1. The molecule has 0 bridgehead atoms. The number of carbonyl (C=O) groups is 1. The van der Waals surface area contributed by atoms with Crippen molar-refractivity contribution in [3.8, 4) is 0 Å². The molecule has 0 aliphatic rings. The van der Waals surface area contributed by atoms with Crippen molar-refractivity contribution >= 4 is 41.2 Å². The van der Waals surface area contributed by atoms with E-state index in [9.17, 15) is 4.79 Å². The number of hydrogen-bond acceptors (Lipinski definition) is 4. The molecule has 6 heteroatoms. The van der Waals surface area contributed by atoms with Crippen LogP contribution in [0, 0.1) is 0 Å². The molecular formula is C7H6Cl2N2OS. The molecule has 13 heavy (non-hydrogen) atoms. The fourth-order valence-electron chi connectivity index (χ4n) is 0.689. The molecule has 0 fully saturated rings. The van der Waals surface area contributed by atoms with E-state index in [-0.39, 0.29) is 15.9 Å². The first-order valence-corrected chi connectivity index (χ1v) is 5.24. The minimum absolute atomic E-state index is 0.103. The van der Waals surface area contributed by atoms with Crippen LogP contribution in [0.25, 0.3) is 0 Å². The van der Waals surface area contributed by atoms with Crippen molar-refractivity contribution in [2.75, 3.05) is 5.75 Å². The van der Waals surface area contributed by atoms with E-state index in [0.717, 1.165) is 5.75 Å². The first-order chi connectivity index (χ1) is 6.19. The van der Waals surface area contributed by atoms with Crippen molar-refractivity contribution in [1.82, 2.24) is 9.97 Å². The number of rotatable bonds is 3. The topological polar surface area (TPSA) is 42.9 Å². The lowest BCUT2D eigenvalue weighted by molar-refractivity contribution is 0.112. The third-order valence-electron chi connectivity index (χ3n) is 1.22. The number of halogens is 2. The van der Waals surface area contributed by atoms with Crippen LogP contribution in [-0.4, -0.2) is 22.0 Å². The van der Waals surface area contributed by atoms with Gasteiger partial charge >= 0.3 is 0 Å². The summed E-state index contributed by atoms with van der Waals surface area (Å²) >= 11 is 12.8. The van der Waals surface area contributed by atoms with Crippen LogP contribution in [-0.2, 0) is 0 Å². The molecule has 1 aromatic rings. The van der Waals surface area contributed by atoms with E-state index in [4.69, 9.17) is 23.2 Å². The van der Waals surface area contributed by atoms with E-state index < -0.39 is 0 Å². The zero-order valence-electron chi connectivity index (χ0n) is 6.75. The van der Waals surface area contributed by atoms with Crippen LogP contribution >= 0.6 is 35.0 Å². The first kappa shape index (κ1) is 10.8. The summed E-state index contributed by atoms with van der Waals surface area (Å²) in [6.07, 6.45) is 0.547. The van der Waals surface area contributed by atoms with Gasteiger partial charge in [-0.15, -0.1) is 0 Å². The Morgan fingerprint density at radius 3 is 2.31 bits per heavy atom. The van der Waals surface area contributed by atoms with E-state index in [1.807, 2.05) is 6.92 Å². The Morgan fingerprint density at radius 1 is 1.38 bits per heavy atom. The second-order valence-electron chi connectivity index (χ2n) is 2.05. The number of nitrogens with zero attached hydrogens (tertiary/aromatic N) is 2. The third kappa shape index (κ3) is 2.56. The lowest BCUT2D eigenvalue weighted by Gasteiger charge is -2.01. The lowest BCUT2D eigenvalue weighted by Crippen LogP contribution is -1.95. The highest BCUT2D eigenvalue weighted by molar-refractivity contribution is 7.99. The summed E-state index contributed by atoms with van der Waals surface area (Å²) in [7, 11) is 0. The van der Waals surface area contributed by atoms with Crippen molar-refractivity contribution in [2.45, 2.75) is 12.1 Å². The highest BCUT2D eigenvalue weighted by Crippen LogP contribution is 2.23. The average Bonchev–Trinajstić information content (AvgIpc) is 2.04. The van der Waals surface area contributed by atoms with Gasteiger partial charge in [0.1, 0.15) is 10.3 Å². The van der Waals surface area contributed by atoms with Crippen molar-refractivity contribution in [3.05, 3.63) is 15.9 Å². The number of hydrogen-bond donors (Lipinski definition) is 0. The van der Waals surface area contributed by atoms with Gasteiger partial charge < -0.3 is 0 Å². The zero-order valence-corrected chi connectivity index (χ0v) is 9.08. The van der Waals surface area contributed by atoms with Gasteiger partial charge in [0.15, 0.2) is 11.4 Å². The fraction of sp³-hybridized carbons (Fsp3) is 0.286. The van der Waals surface area contributed by atoms with Gasteiger partial charge in [0.2, 0.25) is 0 Å². The van der Waals surface area contributed by atoms with E-state index in [1.165, 1.54) is 11.8 Å². The molecule has 1 aromatic heterocycles. The molecule has 0 radical (unpaired) electrons. The average molecular weight is 237 g/mol. The Kier molecular flexibility index (Phi) is 3.96. The maximum atomic E-state index is 10.5. The Morgan fingerprint density at radius 2 is 1.92 bits per heavy atom. The molecule has 0 aliphatic carbocycles. The van der Waals surface area contributed by atoms with Crippen LogP contribution in [0.4, 0.5) is 0 Å². The molecule has 0 amide bonds. The number of aromatic nitrogens is 2. The molecule has 0 saturated heterocycles. The van der Waals surface area contributed by atoms with Crippen molar-refractivity contribution < 1.29 is 4.79 Å². The minimum Gasteiger partial charge on any atom is -0.298 e. The summed E-state index contributed by atoms with van der Waals surface area (Å²) in [4.78, 5) is 18.3. The lowest BCUT2D eigenvalue weighted by atomic mass is 10.4. The van der Waals surface area contributed by atoms with Crippen LogP contribution in [0.3, 0.4) is 0 Å². The quantitative estimate of drug-likeness (QED) is 0.351. The van der Waals surface area contributed by atoms with E-state index in [2.05, 4.69) is 9.97 Å². The van der Waals surface area contributed by atoms with E-state index in [0.29, 0.717) is 11.4 Å². The van der Waals surface area contributed by atoms with Gasteiger partial charge in [0.25, 0.3) is 0 Å². The van der Waals surface area contributed by atoms with Crippen LogP contribution in [0.1, 0.15) is 17.3 Å². The van der Waals surface area contributed by atoms with Crippen LogP contribution < -0.4 is 0 Å². The maximum absolute atomic E-state index is 10.5. The van der Waals surface area contributed by atoms with Gasteiger partial charge in [0.05, 0.1) is 5.56 Å². The predicted molar refractivity (Wildman–Crippen MR) is 53.8 cm³/mol. The zero-order chi connectivity index (χ0) is 9.84. The minimum atomic E-state index is 0.103. The predicted octanol–water partition coefficient (Wildman–Crippen LogP) is 2.71. The van der Waals surface area contributed by atoms with Gasteiger partial charge in [-0.1, -0.05) is 41.9 Å². The Balaban J connectivity index is 3.12. The molecule has 1 rings (SSSR count). The van der Waals surface area contributed by atoms with Gasteiger partial charge in [-0.3, -0.25) is 4.79 Å².